The van der Waals surface area contributed by atoms with Gasteiger partial charge in [-0.3, -0.25) is 14.1 Å². The molecule has 0 aromatic rings. The summed E-state index contributed by atoms with van der Waals surface area (Å²) in [6, 6.07) is 0. The fourth-order valence-corrected chi connectivity index (χ4v) is 5.86. The summed E-state index contributed by atoms with van der Waals surface area (Å²) in [7, 11) is -4.76. The zero-order valence-corrected chi connectivity index (χ0v) is 31.8. The first-order chi connectivity index (χ1) is 23.3. The summed E-state index contributed by atoms with van der Waals surface area (Å²) in [6.07, 6.45) is 39.1. The highest BCUT2D eigenvalue weighted by molar-refractivity contribution is 7.46. The van der Waals surface area contributed by atoms with Crippen LogP contribution in [0.3, 0.4) is 0 Å². The van der Waals surface area contributed by atoms with Crippen molar-refractivity contribution < 1.29 is 37.9 Å². The van der Waals surface area contributed by atoms with E-state index in [-0.39, 0.29) is 19.4 Å². The van der Waals surface area contributed by atoms with Crippen molar-refractivity contribution in [1.82, 2.24) is 0 Å². The fraction of sp³-hybridized carbons (Fsp3) is 0.846. The number of allylic oxidation sites excluding steroid dienone is 4. The second kappa shape index (κ2) is 35.4. The molecule has 0 spiro atoms. The molecule has 0 radical (unpaired) electrons. The van der Waals surface area contributed by atoms with E-state index in [9.17, 15) is 14.2 Å². The largest absolute Gasteiger partial charge is 0.469 e. The Kier molecular flexibility index (Phi) is 34.3. The highest BCUT2D eigenvalue weighted by atomic mass is 31.2. The normalized spacial score (nSPS) is 12.7. The number of carbonyl (C=O) groups is 2. The molecular weight excluding hydrogens is 627 g/mol. The summed E-state index contributed by atoms with van der Waals surface area (Å²) >= 11 is 0. The number of phosphoric acid groups is 1. The van der Waals surface area contributed by atoms with E-state index >= 15 is 0 Å². The van der Waals surface area contributed by atoms with E-state index in [1.165, 1.54) is 116 Å². The van der Waals surface area contributed by atoms with Gasteiger partial charge in [-0.2, -0.15) is 0 Å². The van der Waals surface area contributed by atoms with Gasteiger partial charge in [0, 0.05) is 12.8 Å². The quantitative estimate of drug-likeness (QED) is 0.0287. The molecule has 0 rings (SSSR count). The first-order valence-electron chi connectivity index (χ1n) is 19.6. The maximum absolute atomic E-state index is 12.3. The van der Waals surface area contributed by atoms with Crippen LogP contribution in [-0.4, -0.2) is 41.0 Å². The number of carbonyl (C=O) groups excluding carboxylic acids is 2. The number of hydrogen-bond donors (Lipinski definition) is 2. The monoisotopic (exact) mass is 701 g/mol. The minimum absolute atomic E-state index is 0.128. The van der Waals surface area contributed by atoms with Gasteiger partial charge in [0.25, 0.3) is 0 Å². The maximum Gasteiger partial charge on any atom is 0.469 e. The third kappa shape index (κ3) is 37.4. The molecule has 9 heteroatoms. The van der Waals surface area contributed by atoms with Gasteiger partial charge in [0.1, 0.15) is 6.61 Å². The van der Waals surface area contributed by atoms with Crippen LogP contribution in [0.25, 0.3) is 0 Å². The Morgan fingerprint density at radius 2 is 0.917 bits per heavy atom. The van der Waals surface area contributed by atoms with Gasteiger partial charge in [-0.05, 0) is 51.4 Å². The molecule has 8 nitrogen and oxygen atoms in total. The van der Waals surface area contributed by atoms with Crippen molar-refractivity contribution in [2.75, 3.05) is 13.2 Å². The van der Waals surface area contributed by atoms with E-state index in [0.717, 1.165) is 38.5 Å². The molecule has 0 unspecified atom stereocenters. The van der Waals surface area contributed by atoms with Crippen LogP contribution < -0.4 is 0 Å². The topological polar surface area (TPSA) is 119 Å². The van der Waals surface area contributed by atoms with Gasteiger partial charge in [-0.1, -0.05) is 154 Å². The number of unbranched alkanes of at least 4 members (excludes halogenated alkanes) is 22. The second-order valence-corrected chi connectivity index (χ2v) is 14.5. The smallest absolute Gasteiger partial charge is 0.462 e. The lowest BCUT2D eigenvalue weighted by Gasteiger charge is -2.18. The molecular formula is C39H73O8P. The predicted octanol–water partition coefficient (Wildman–Crippen LogP) is 11.6. The van der Waals surface area contributed by atoms with Crippen LogP contribution in [0.1, 0.15) is 194 Å². The van der Waals surface area contributed by atoms with Gasteiger partial charge in [-0.25, -0.2) is 4.57 Å². The molecule has 0 aliphatic carbocycles. The molecule has 0 saturated carbocycles. The molecule has 0 aromatic heterocycles. The Hall–Kier alpha value is -1.47. The van der Waals surface area contributed by atoms with Gasteiger partial charge < -0.3 is 19.3 Å². The third-order valence-corrected chi connectivity index (χ3v) is 8.94. The summed E-state index contributed by atoms with van der Waals surface area (Å²) in [5.74, 6) is -0.956. The Morgan fingerprint density at radius 1 is 0.521 bits per heavy atom. The molecule has 0 heterocycles. The Balaban J connectivity index is 4.00. The zero-order valence-electron chi connectivity index (χ0n) is 30.9. The molecule has 0 fully saturated rings. The average molecular weight is 701 g/mol. The Labute approximate surface area is 294 Å². The van der Waals surface area contributed by atoms with Gasteiger partial charge >= 0.3 is 19.8 Å². The predicted molar refractivity (Wildman–Crippen MR) is 198 cm³/mol. The third-order valence-electron chi connectivity index (χ3n) is 8.46. The van der Waals surface area contributed by atoms with E-state index in [1.54, 1.807) is 0 Å². The zero-order chi connectivity index (χ0) is 35.4. The average Bonchev–Trinajstić information content (AvgIpc) is 3.05. The minimum atomic E-state index is -4.76. The number of phosphoric ester groups is 1. The van der Waals surface area contributed by atoms with E-state index < -0.39 is 32.5 Å². The van der Waals surface area contributed by atoms with Crippen LogP contribution in [0, 0.1) is 0 Å². The molecule has 0 aliphatic heterocycles. The fourth-order valence-electron chi connectivity index (χ4n) is 5.50. The van der Waals surface area contributed by atoms with Gasteiger partial charge in [0.2, 0.25) is 0 Å². The molecule has 282 valence electrons. The number of rotatable bonds is 36. The summed E-state index contributed by atoms with van der Waals surface area (Å²) in [4.78, 5) is 42.7. The van der Waals surface area contributed by atoms with Crippen molar-refractivity contribution in [3.63, 3.8) is 0 Å². The highest BCUT2D eigenvalue weighted by Crippen LogP contribution is 2.36. The van der Waals surface area contributed by atoms with Crippen molar-refractivity contribution in [2.45, 2.75) is 200 Å². The second-order valence-electron chi connectivity index (χ2n) is 13.2. The van der Waals surface area contributed by atoms with Crippen molar-refractivity contribution in [2.24, 2.45) is 0 Å². The van der Waals surface area contributed by atoms with Crippen LogP contribution in [0.4, 0.5) is 0 Å². The van der Waals surface area contributed by atoms with Crippen LogP contribution in [0.5, 0.6) is 0 Å². The van der Waals surface area contributed by atoms with Crippen LogP contribution >= 0.6 is 7.82 Å². The van der Waals surface area contributed by atoms with Crippen molar-refractivity contribution >= 4 is 19.8 Å². The molecule has 0 aliphatic rings. The lowest BCUT2D eigenvalue weighted by Crippen LogP contribution is -2.29. The van der Waals surface area contributed by atoms with Crippen molar-refractivity contribution in [1.29, 1.82) is 0 Å². The number of esters is 2. The molecule has 0 bridgehead atoms. The first kappa shape index (κ1) is 46.5. The SMILES string of the molecule is CCCCCCCCCC/C=C/CCCCCC(=O)OC[C@H](COP(=O)(O)O)OC(=O)CC/C=C/CCCCCCCCCCCCC. The first-order valence-corrected chi connectivity index (χ1v) is 21.2. The summed E-state index contributed by atoms with van der Waals surface area (Å²) in [6.45, 7) is 3.64. The van der Waals surface area contributed by atoms with Gasteiger partial charge in [0.15, 0.2) is 6.10 Å². The molecule has 0 saturated heterocycles. The summed E-state index contributed by atoms with van der Waals surface area (Å²) in [5.41, 5.74) is 0. The van der Waals surface area contributed by atoms with Crippen molar-refractivity contribution in [3.8, 4) is 0 Å². The number of ether oxygens (including phenoxy) is 2. The molecule has 0 amide bonds. The van der Waals surface area contributed by atoms with Crippen LogP contribution in [-0.2, 0) is 28.2 Å². The lowest BCUT2D eigenvalue weighted by molar-refractivity contribution is -0.161. The highest BCUT2D eigenvalue weighted by Gasteiger charge is 2.22. The molecule has 48 heavy (non-hydrogen) atoms. The standard InChI is InChI=1S/C39H73O8P/c1-3-5-7-9-11-13-15-17-19-21-23-25-27-29-31-33-38(40)45-35-37(36-46-48(42,43)44)47-39(41)34-32-30-28-26-24-22-20-18-16-14-12-10-8-6-4-2/h21,23,28,30,37H,3-20,22,24-27,29,31-36H2,1-2H3,(H2,42,43,44)/b23-21+,30-28+/t37-/m1/s1. The van der Waals surface area contributed by atoms with Crippen LogP contribution in [0.15, 0.2) is 24.3 Å². The van der Waals surface area contributed by atoms with E-state index in [0.29, 0.717) is 12.8 Å². The van der Waals surface area contributed by atoms with Gasteiger partial charge in [0.05, 0.1) is 6.61 Å². The van der Waals surface area contributed by atoms with E-state index in [1.807, 2.05) is 6.08 Å². The molecule has 0 aromatic carbocycles. The lowest BCUT2D eigenvalue weighted by atomic mass is 10.1. The Morgan fingerprint density at radius 3 is 1.35 bits per heavy atom. The maximum atomic E-state index is 12.3. The number of hydrogen-bond acceptors (Lipinski definition) is 6. The van der Waals surface area contributed by atoms with E-state index in [4.69, 9.17) is 19.3 Å². The van der Waals surface area contributed by atoms with Crippen LogP contribution in [0.2, 0.25) is 0 Å². The van der Waals surface area contributed by atoms with Crippen molar-refractivity contribution in [3.05, 3.63) is 24.3 Å². The Bertz CT molecular complexity index is 838. The van der Waals surface area contributed by atoms with Gasteiger partial charge in [-0.15, -0.1) is 0 Å². The molecule has 1 atom stereocenters. The van der Waals surface area contributed by atoms with E-state index in [2.05, 4.69) is 36.6 Å². The minimum Gasteiger partial charge on any atom is -0.462 e. The summed E-state index contributed by atoms with van der Waals surface area (Å²) in [5, 5.41) is 0. The summed E-state index contributed by atoms with van der Waals surface area (Å²) < 4.78 is 26.3. The molecule has 2 N–H and O–H groups in total.